The highest BCUT2D eigenvalue weighted by atomic mass is 35.5. The smallest absolute Gasteiger partial charge is 0.258 e. The number of nitrogens with zero attached hydrogens (tertiary/aromatic N) is 1. The fourth-order valence-corrected chi connectivity index (χ4v) is 3.96. The van der Waals surface area contributed by atoms with Crippen LogP contribution in [0.5, 0.6) is 0 Å². The summed E-state index contributed by atoms with van der Waals surface area (Å²) in [4.78, 5) is 27.2. The number of aryl methyl sites for hydroxylation is 1. The third-order valence-electron chi connectivity index (χ3n) is 5.35. The summed E-state index contributed by atoms with van der Waals surface area (Å²) in [5.74, 6) is -0.0753. The van der Waals surface area contributed by atoms with E-state index in [4.69, 9.17) is 11.6 Å². The van der Waals surface area contributed by atoms with Crippen molar-refractivity contribution < 1.29 is 9.59 Å². The highest BCUT2D eigenvalue weighted by molar-refractivity contribution is 6.31. The number of carbonyl (C=O) groups excluding carboxylic acids is 2. The molecular weight excluding hydrogens is 396 g/mol. The van der Waals surface area contributed by atoms with Gasteiger partial charge in [-0.2, -0.15) is 0 Å². The van der Waals surface area contributed by atoms with Crippen LogP contribution in [0, 0.1) is 6.92 Å². The topological polar surface area (TPSA) is 49.4 Å². The minimum Gasteiger partial charge on any atom is -0.352 e. The molecule has 0 atom stereocenters. The van der Waals surface area contributed by atoms with Gasteiger partial charge in [0.1, 0.15) is 0 Å². The van der Waals surface area contributed by atoms with Crippen LogP contribution >= 0.6 is 11.6 Å². The molecule has 5 heteroatoms. The van der Waals surface area contributed by atoms with Crippen molar-refractivity contribution in [1.82, 2.24) is 5.32 Å². The molecule has 0 fully saturated rings. The fraction of sp³-hybridized carbons (Fsp3) is 0.200. The van der Waals surface area contributed by atoms with Crippen molar-refractivity contribution in [2.75, 3.05) is 11.4 Å². The van der Waals surface area contributed by atoms with Gasteiger partial charge in [0.05, 0.1) is 6.42 Å². The van der Waals surface area contributed by atoms with Gasteiger partial charge in [-0.05, 0) is 54.3 Å². The van der Waals surface area contributed by atoms with E-state index in [9.17, 15) is 9.59 Å². The summed E-state index contributed by atoms with van der Waals surface area (Å²) in [6.07, 6.45) is 1.08. The Morgan fingerprint density at radius 3 is 2.67 bits per heavy atom. The maximum absolute atomic E-state index is 13.0. The zero-order valence-electron chi connectivity index (χ0n) is 16.8. The number of carbonyl (C=O) groups is 2. The van der Waals surface area contributed by atoms with E-state index in [1.807, 2.05) is 66.4 Å². The molecule has 1 aliphatic heterocycles. The predicted octanol–water partition coefficient (Wildman–Crippen LogP) is 4.71. The van der Waals surface area contributed by atoms with Gasteiger partial charge in [0, 0.05) is 29.4 Å². The third kappa shape index (κ3) is 4.39. The van der Waals surface area contributed by atoms with Crippen LogP contribution in [0.4, 0.5) is 5.69 Å². The molecule has 0 saturated heterocycles. The summed E-state index contributed by atoms with van der Waals surface area (Å²) in [5, 5.41) is 3.54. The number of hydrogen-bond acceptors (Lipinski definition) is 2. The van der Waals surface area contributed by atoms with Crippen molar-refractivity contribution in [1.29, 1.82) is 0 Å². The zero-order chi connectivity index (χ0) is 21.1. The number of halogens is 1. The van der Waals surface area contributed by atoms with Crippen molar-refractivity contribution in [3.05, 3.63) is 99.6 Å². The molecule has 0 saturated carbocycles. The van der Waals surface area contributed by atoms with E-state index in [0.29, 0.717) is 23.7 Å². The van der Waals surface area contributed by atoms with E-state index in [2.05, 4.69) is 11.4 Å². The second-order valence-electron chi connectivity index (χ2n) is 7.58. The number of benzene rings is 3. The maximum atomic E-state index is 13.0. The van der Waals surface area contributed by atoms with E-state index in [1.54, 1.807) is 6.07 Å². The van der Waals surface area contributed by atoms with Gasteiger partial charge in [0.25, 0.3) is 5.91 Å². The Labute approximate surface area is 181 Å². The van der Waals surface area contributed by atoms with Gasteiger partial charge in [0.2, 0.25) is 5.91 Å². The van der Waals surface area contributed by atoms with Crippen LogP contribution in [0.15, 0.2) is 66.7 Å². The van der Waals surface area contributed by atoms with Gasteiger partial charge in [-0.25, -0.2) is 0 Å². The van der Waals surface area contributed by atoms with E-state index in [-0.39, 0.29) is 18.2 Å². The van der Waals surface area contributed by atoms with E-state index in [0.717, 1.165) is 34.4 Å². The molecule has 1 aliphatic rings. The average molecular weight is 419 g/mol. The Morgan fingerprint density at radius 1 is 1.03 bits per heavy atom. The standard InChI is InChI=1S/C25H23ClN2O2/c1-17-5-4-7-21(13-17)25(30)28-12-11-19-10-9-18(14-23(19)28)16-27-24(29)15-20-6-2-3-8-22(20)26/h2-10,13-14H,11-12,15-16H2,1H3,(H,27,29). The summed E-state index contributed by atoms with van der Waals surface area (Å²) in [5.41, 5.74) is 5.61. The molecule has 0 bridgehead atoms. The van der Waals surface area contributed by atoms with Gasteiger partial charge >= 0.3 is 0 Å². The number of hydrogen-bond donors (Lipinski definition) is 1. The second kappa shape index (κ2) is 8.72. The monoisotopic (exact) mass is 418 g/mol. The number of rotatable bonds is 5. The van der Waals surface area contributed by atoms with Gasteiger partial charge in [-0.3, -0.25) is 9.59 Å². The molecule has 0 unspecified atom stereocenters. The van der Waals surface area contributed by atoms with Crippen LogP contribution in [0.25, 0.3) is 0 Å². The van der Waals surface area contributed by atoms with E-state index in [1.165, 1.54) is 0 Å². The summed E-state index contributed by atoms with van der Waals surface area (Å²) in [7, 11) is 0. The molecule has 3 aromatic carbocycles. The molecule has 30 heavy (non-hydrogen) atoms. The Morgan fingerprint density at radius 2 is 1.87 bits per heavy atom. The first-order valence-electron chi connectivity index (χ1n) is 10.0. The lowest BCUT2D eigenvalue weighted by Gasteiger charge is -2.18. The molecule has 0 aliphatic carbocycles. The average Bonchev–Trinajstić information content (AvgIpc) is 3.16. The summed E-state index contributed by atoms with van der Waals surface area (Å²) < 4.78 is 0. The molecule has 152 valence electrons. The van der Waals surface area contributed by atoms with Gasteiger partial charge in [-0.15, -0.1) is 0 Å². The van der Waals surface area contributed by atoms with E-state index < -0.39 is 0 Å². The molecular formula is C25H23ClN2O2. The van der Waals surface area contributed by atoms with Crippen molar-refractivity contribution in [2.45, 2.75) is 26.3 Å². The molecule has 4 nitrogen and oxygen atoms in total. The highest BCUT2D eigenvalue weighted by Gasteiger charge is 2.25. The second-order valence-corrected chi connectivity index (χ2v) is 7.99. The summed E-state index contributed by atoms with van der Waals surface area (Å²) in [6, 6.07) is 21.1. The normalized spacial score (nSPS) is 12.5. The minimum absolute atomic E-state index is 0.0114. The first-order valence-corrected chi connectivity index (χ1v) is 10.4. The van der Waals surface area contributed by atoms with Gasteiger partial charge < -0.3 is 10.2 Å². The lowest BCUT2D eigenvalue weighted by molar-refractivity contribution is -0.120. The van der Waals surface area contributed by atoms with Crippen LogP contribution in [0.2, 0.25) is 5.02 Å². The predicted molar refractivity (Wildman–Crippen MR) is 120 cm³/mol. The lowest BCUT2D eigenvalue weighted by Crippen LogP contribution is -2.29. The highest BCUT2D eigenvalue weighted by Crippen LogP contribution is 2.30. The minimum atomic E-state index is -0.0868. The van der Waals surface area contributed by atoms with Gasteiger partial charge in [-0.1, -0.05) is 59.6 Å². The van der Waals surface area contributed by atoms with Crippen molar-refractivity contribution in [2.24, 2.45) is 0 Å². The molecule has 1 heterocycles. The van der Waals surface area contributed by atoms with Crippen molar-refractivity contribution in [3.8, 4) is 0 Å². The van der Waals surface area contributed by atoms with Crippen LogP contribution < -0.4 is 10.2 Å². The molecule has 0 radical (unpaired) electrons. The largest absolute Gasteiger partial charge is 0.352 e. The Bertz CT molecular complexity index is 1110. The van der Waals surface area contributed by atoms with Gasteiger partial charge in [0.15, 0.2) is 0 Å². The van der Waals surface area contributed by atoms with Crippen molar-refractivity contribution in [3.63, 3.8) is 0 Å². The Kier molecular flexibility index (Phi) is 5.86. The molecule has 4 rings (SSSR count). The van der Waals surface area contributed by atoms with E-state index >= 15 is 0 Å². The molecule has 1 N–H and O–H groups in total. The number of amides is 2. The van der Waals surface area contributed by atoms with Crippen molar-refractivity contribution >= 4 is 29.1 Å². The Hall–Kier alpha value is -3.11. The quantitative estimate of drug-likeness (QED) is 0.652. The van der Waals surface area contributed by atoms with Crippen LogP contribution in [-0.2, 0) is 24.2 Å². The maximum Gasteiger partial charge on any atom is 0.258 e. The first kappa shape index (κ1) is 20.2. The summed E-state index contributed by atoms with van der Waals surface area (Å²) >= 11 is 6.14. The molecule has 2 amide bonds. The fourth-order valence-electron chi connectivity index (χ4n) is 3.76. The molecule has 0 spiro atoms. The molecule has 0 aromatic heterocycles. The first-order chi connectivity index (χ1) is 14.5. The zero-order valence-corrected chi connectivity index (χ0v) is 17.6. The number of nitrogens with one attached hydrogen (secondary N) is 1. The SMILES string of the molecule is Cc1cccc(C(=O)N2CCc3ccc(CNC(=O)Cc4ccccc4Cl)cc32)c1. The Balaban J connectivity index is 1.45. The lowest BCUT2D eigenvalue weighted by atomic mass is 10.1. The van der Waals surface area contributed by atoms with Crippen LogP contribution in [0.1, 0.15) is 32.6 Å². The number of anilines is 1. The van der Waals surface area contributed by atoms with Crippen LogP contribution in [0.3, 0.4) is 0 Å². The molecule has 3 aromatic rings. The third-order valence-corrected chi connectivity index (χ3v) is 5.72. The number of fused-ring (bicyclic) bond motifs is 1. The summed E-state index contributed by atoms with van der Waals surface area (Å²) in [6.45, 7) is 3.06. The van der Waals surface area contributed by atoms with Crippen LogP contribution in [-0.4, -0.2) is 18.4 Å².